The molecule has 0 heterocycles. The van der Waals surface area contributed by atoms with Crippen LogP contribution >= 0.6 is 22.6 Å². The molecule has 0 unspecified atom stereocenters. The van der Waals surface area contributed by atoms with Crippen molar-refractivity contribution in [3.8, 4) is 5.75 Å². The molecular weight excluding hydrogens is 429 g/mol. The number of halogens is 1. The predicted octanol–water partition coefficient (Wildman–Crippen LogP) is 3.60. The minimum absolute atomic E-state index is 0.112. The third-order valence-corrected chi connectivity index (χ3v) is 4.21. The van der Waals surface area contributed by atoms with Crippen LogP contribution in [0.5, 0.6) is 5.75 Å². The molecule has 2 aromatic carbocycles. The molecule has 0 bridgehead atoms. The number of aromatic hydroxyl groups is 1. The Bertz CT molecular complexity index is 803. The van der Waals surface area contributed by atoms with Gasteiger partial charge in [0.15, 0.2) is 0 Å². The third-order valence-electron chi connectivity index (χ3n) is 3.54. The third kappa shape index (κ3) is 5.60. The number of hydrazone groups is 1. The van der Waals surface area contributed by atoms with Crippen LogP contribution in [0.3, 0.4) is 0 Å². The summed E-state index contributed by atoms with van der Waals surface area (Å²) >= 11 is 2.25. The van der Waals surface area contributed by atoms with Crippen LogP contribution in [0.2, 0.25) is 0 Å². The number of carbonyl (C=O) groups excluding carboxylic acids is 1. The van der Waals surface area contributed by atoms with Crippen LogP contribution in [-0.2, 0) is 11.2 Å². The second-order valence-electron chi connectivity index (χ2n) is 5.45. The molecule has 0 saturated heterocycles. The largest absolute Gasteiger partial charge is 0.507 e. The van der Waals surface area contributed by atoms with E-state index in [1.54, 1.807) is 12.1 Å². The van der Waals surface area contributed by atoms with Crippen molar-refractivity contribution >= 4 is 40.4 Å². The molecule has 0 fully saturated rings. The number of allylic oxidation sites excluding steroid dienone is 1. The predicted molar refractivity (Wildman–Crippen MR) is 110 cm³/mol. The number of benzene rings is 2. The van der Waals surface area contributed by atoms with E-state index in [1.165, 1.54) is 6.21 Å². The molecule has 0 aliphatic rings. The summed E-state index contributed by atoms with van der Waals surface area (Å²) < 4.78 is 1.15. The van der Waals surface area contributed by atoms with Crippen LogP contribution in [0.1, 0.15) is 16.7 Å². The summed E-state index contributed by atoms with van der Waals surface area (Å²) in [7, 11) is 0. The van der Waals surface area contributed by atoms with Gasteiger partial charge < -0.3 is 10.4 Å². The van der Waals surface area contributed by atoms with E-state index >= 15 is 0 Å². The zero-order valence-corrected chi connectivity index (χ0v) is 16.1. The Hall–Kier alpha value is -2.35. The molecule has 3 N–H and O–H groups in total. The number of hydrogen-bond acceptors (Lipinski definition) is 4. The van der Waals surface area contributed by atoms with Crippen LogP contribution in [0.4, 0.5) is 5.69 Å². The minimum atomic E-state index is -0.268. The standard InChI is InChI=1S/C19H20IN3O2/c1-3-5-14-6-4-7-15(19(14)25)11-22-23-18(24)12-21-17-9-8-16(20)10-13(17)2/h3-4,6-11,21,25H,1,5,12H2,2H3,(H,23,24). The molecule has 2 aromatic rings. The lowest BCUT2D eigenvalue weighted by Gasteiger charge is -2.09. The van der Waals surface area contributed by atoms with Crippen molar-refractivity contribution in [3.63, 3.8) is 0 Å². The van der Waals surface area contributed by atoms with Crippen molar-refractivity contribution in [2.24, 2.45) is 5.10 Å². The lowest BCUT2D eigenvalue weighted by molar-refractivity contribution is -0.119. The number of phenols is 1. The molecule has 0 spiro atoms. The number of para-hydroxylation sites is 1. The second kappa shape index (κ2) is 9.22. The molecule has 6 heteroatoms. The molecule has 0 aliphatic carbocycles. The zero-order chi connectivity index (χ0) is 18.2. The molecule has 2 rings (SSSR count). The smallest absolute Gasteiger partial charge is 0.259 e. The van der Waals surface area contributed by atoms with Gasteiger partial charge in [0.2, 0.25) is 0 Å². The summed E-state index contributed by atoms with van der Waals surface area (Å²) in [6.45, 7) is 5.76. The minimum Gasteiger partial charge on any atom is -0.507 e. The topological polar surface area (TPSA) is 73.7 Å². The zero-order valence-electron chi connectivity index (χ0n) is 13.9. The van der Waals surface area contributed by atoms with E-state index in [0.717, 1.165) is 20.4 Å². The van der Waals surface area contributed by atoms with Gasteiger partial charge in [0, 0.05) is 14.8 Å². The van der Waals surface area contributed by atoms with Gasteiger partial charge in [0.05, 0.1) is 12.8 Å². The first-order valence-corrected chi connectivity index (χ1v) is 8.83. The van der Waals surface area contributed by atoms with Gasteiger partial charge >= 0.3 is 0 Å². The number of hydrogen-bond donors (Lipinski definition) is 3. The number of nitrogens with zero attached hydrogens (tertiary/aromatic N) is 1. The fraction of sp³-hybridized carbons (Fsp3) is 0.158. The monoisotopic (exact) mass is 449 g/mol. The number of aryl methyl sites for hydroxylation is 1. The molecule has 5 nitrogen and oxygen atoms in total. The number of phenolic OH excluding ortho intramolecular Hbond substituents is 1. The Balaban J connectivity index is 1.90. The van der Waals surface area contributed by atoms with E-state index in [2.05, 4.69) is 45.0 Å². The van der Waals surface area contributed by atoms with Crippen molar-refractivity contribution < 1.29 is 9.90 Å². The summed E-state index contributed by atoms with van der Waals surface area (Å²) in [5, 5.41) is 17.1. The molecule has 1 amide bonds. The van der Waals surface area contributed by atoms with Crippen LogP contribution in [0, 0.1) is 10.5 Å². The second-order valence-corrected chi connectivity index (χ2v) is 6.70. The van der Waals surface area contributed by atoms with E-state index in [0.29, 0.717) is 12.0 Å². The van der Waals surface area contributed by atoms with E-state index < -0.39 is 0 Å². The molecule has 130 valence electrons. The molecule has 0 radical (unpaired) electrons. The number of amides is 1. The Morgan fingerprint density at radius 2 is 2.16 bits per heavy atom. The first-order valence-electron chi connectivity index (χ1n) is 7.75. The first-order chi connectivity index (χ1) is 12.0. The summed E-state index contributed by atoms with van der Waals surface area (Å²) in [6.07, 6.45) is 3.71. The lowest BCUT2D eigenvalue weighted by atomic mass is 10.1. The van der Waals surface area contributed by atoms with E-state index in [-0.39, 0.29) is 18.2 Å². The van der Waals surface area contributed by atoms with E-state index in [1.807, 2.05) is 37.3 Å². The van der Waals surface area contributed by atoms with Gasteiger partial charge in [-0.2, -0.15) is 5.10 Å². The molecule has 0 saturated carbocycles. The van der Waals surface area contributed by atoms with Gasteiger partial charge in [-0.15, -0.1) is 6.58 Å². The van der Waals surface area contributed by atoms with Gasteiger partial charge in [-0.05, 0) is 71.3 Å². The maximum atomic E-state index is 11.9. The van der Waals surface area contributed by atoms with E-state index in [4.69, 9.17) is 0 Å². The lowest BCUT2D eigenvalue weighted by Crippen LogP contribution is -2.26. The quantitative estimate of drug-likeness (QED) is 0.262. The van der Waals surface area contributed by atoms with Crippen LogP contribution in [0.15, 0.2) is 54.2 Å². The van der Waals surface area contributed by atoms with Gasteiger partial charge in [-0.3, -0.25) is 4.79 Å². The van der Waals surface area contributed by atoms with Crippen LogP contribution in [-0.4, -0.2) is 23.8 Å². The van der Waals surface area contributed by atoms with Crippen molar-refractivity contribution in [1.82, 2.24) is 5.43 Å². The number of nitrogens with one attached hydrogen (secondary N) is 2. The van der Waals surface area contributed by atoms with Crippen molar-refractivity contribution in [3.05, 3.63) is 69.3 Å². The van der Waals surface area contributed by atoms with Gasteiger partial charge in [0.1, 0.15) is 5.75 Å². The summed E-state index contributed by atoms with van der Waals surface area (Å²) in [5.74, 6) is -0.121. The highest BCUT2D eigenvalue weighted by Crippen LogP contribution is 2.21. The molecule has 0 aromatic heterocycles. The Morgan fingerprint density at radius 1 is 1.36 bits per heavy atom. The fourth-order valence-electron chi connectivity index (χ4n) is 2.25. The molecule has 0 atom stereocenters. The fourth-order valence-corrected chi connectivity index (χ4v) is 2.90. The molecule has 25 heavy (non-hydrogen) atoms. The maximum absolute atomic E-state index is 11.9. The van der Waals surface area contributed by atoms with Gasteiger partial charge in [0.25, 0.3) is 5.91 Å². The van der Waals surface area contributed by atoms with Gasteiger partial charge in [-0.1, -0.05) is 18.2 Å². The Labute approximate surface area is 161 Å². The normalized spacial score (nSPS) is 10.6. The van der Waals surface area contributed by atoms with Gasteiger partial charge in [-0.25, -0.2) is 5.43 Å². The van der Waals surface area contributed by atoms with Crippen molar-refractivity contribution in [2.45, 2.75) is 13.3 Å². The highest BCUT2D eigenvalue weighted by molar-refractivity contribution is 14.1. The SMILES string of the molecule is C=CCc1cccc(C=NNC(=O)CNc2ccc(I)cc2C)c1O. The number of anilines is 1. The van der Waals surface area contributed by atoms with Crippen LogP contribution < -0.4 is 10.7 Å². The Morgan fingerprint density at radius 3 is 2.88 bits per heavy atom. The maximum Gasteiger partial charge on any atom is 0.259 e. The molecular formula is C19H20IN3O2. The molecule has 0 aliphatic heterocycles. The first kappa shape index (κ1) is 19.0. The van der Waals surface area contributed by atoms with Crippen molar-refractivity contribution in [1.29, 1.82) is 0 Å². The summed E-state index contributed by atoms with van der Waals surface area (Å²) in [5.41, 5.74) is 5.74. The van der Waals surface area contributed by atoms with Crippen LogP contribution in [0.25, 0.3) is 0 Å². The highest BCUT2D eigenvalue weighted by atomic mass is 127. The average molecular weight is 449 g/mol. The number of rotatable bonds is 7. The summed E-state index contributed by atoms with van der Waals surface area (Å²) in [6, 6.07) is 11.3. The highest BCUT2D eigenvalue weighted by Gasteiger charge is 2.05. The Kier molecular flexibility index (Phi) is 7.00. The van der Waals surface area contributed by atoms with Crippen molar-refractivity contribution in [2.75, 3.05) is 11.9 Å². The average Bonchev–Trinajstić information content (AvgIpc) is 2.57. The van der Waals surface area contributed by atoms with E-state index in [9.17, 15) is 9.90 Å². The summed E-state index contributed by atoms with van der Waals surface area (Å²) in [4.78, 5) is 11.9. The number of carbonyl (C=O) groups is 1.